The molecule has 9 unspecified atom stereocenters. The SMILES string of the molecule is CCCC1OC2CC3C4CCC5=CC(=O)C=CC5(C)C4C(O)CC3(C)C2(C(=O)CC)O1.CCCCCCC. The monoisotopic (exact) mass is 528 g/mol. The van der Waals surface area contributed by atoms with Gasteiger partial charge in [-0.25, -0.2) is 0 Å². The molecule has 0 aromatic rings. The Kier molecular flexibility index (Phi) is 9.11. The van der Waals surface area contributed by atoms with Crippen molar-refractivity contribution in [2.45, 2.75) is 143 Å². The van der Waals surface area contributed by atoms with Gasteiger partial charge < -0.3 is 14.6 Å². The van der Waals surface area contributed by atoms with Crippen LogP contribution in [0.1, 0.15) is 119 Å². The quantitative estimate of drug-likeness (QED) is 0.340. The fourth-order valence-electron chi connectivity index (χ4n) is 8.94. The van der Waals surface area contributed by atoms with Crippen LogP contribution in [0.3, 0.4) is 0 Å². The lowest BCUT2D eigenvalue weighted by Crippen LogP contribution is -2.63. The van der Waals surface area contributed by atoms with Gasteiger partial charge in [-0.1, -0.05) is 91.7 Å². The highest BCUT2D eigenvalue weighted by Crippen LogP contribution is 2.69. The fourth-order valence-corrected chi connectivity index (χ4v) is 8.94. The van der Waals surface area contributed by atoms with E-state index in [2.05, 4.69) is 34.6 Å². The van der Waals surface area contributed by atoms with Gasteiger partial charge in [-0.15, -0.1) is 0 Å². The summed E-state index contributed by atoms with van der Waals surface area (Å²) in [7, 11) is 0. The molecule has 4 aliphatic carbocycles. The summed E-state index contributed by atoms with van der Waals surface area (Å²) in [5.74, 6) is 0.755. The molecule has 0 radical (unpaired) electrons. The first-order chi connectivity index (χ1) is 18.1. The molecule has 0 aromatic heterocycles. The number of aliphatic hydroxyl groups excluding tert-OH is 1. The molecule has 5 rings (SSSR count). The maximum absolute atomic E-state index is 13.5. The number of unbranched alkanes of at least 4 members (excludes halogenated alkanes) is 4. The number of carbonyl (C=O) groups excluding carboxylic acids is 2. The number of ketones is 2. The van der Waals surface area contributed by atoms with Crippen molar-refractivity contribution in [1.29, 1.82) is 0 Å². The summed E-state index contributed by atoms with van der Waals surface area (Å²) in [5.41, 5.74) is -0.548. The summed E-state index contributed by atoms with van der Waals surface area (Å²) in [6.07, 6.45) is 16.7. The highest BCUT2D eigenvalue weighted by atomic mass is 16.7. The Morgan fingerprint density at radius 2 is 1.79 bits per heavy atom. The highest BCUT2D eigenvalue weighted by Gasteiger charge is 2.75. The Labute approximate surface area is 230 Å². The zero-order valence-corrected chi connectivity index (χ0v) is 24.8. The van der Waals surface area contributed by atoms with Crippen LogP contribution in [0.15, 0.2) is 23.8 Å². The van der Waals surface area contributed by atoms with Crippen molar-refractivity contribution in [1.82, 2.24) is 0 Å². The molecule has 5 heteroatoms. The van der Waals surface area contributed by atoms with Crippen LogP contribution < -0.4 is 0 Å². The van der Waals surface area contributed by atoms with Crippen LogP contribution in [0.2, 0.25) is 0 Å². The molecular weight excluding hydrogens is 476 g/mol. The normalized spacial score (nSPS) is 42.8. The van der Waals surface area contributed by atoms with Crippen molar-refractivity contribution in [3.8, 4) is 0 Å². The third-order valence-electron chi connectivity index (χ3n) is 10.8. The molecule has 0 bridgehead atoms. The number of carbonyl (C=O) groups is 2. The van der Waals surface area contributed by atoms with Gasteiger partial charge in [0.15, 0.2) is 23.5 Å². The van der Waals surface area contributed by atoms with Crippen LogP contribution in [-0.4, -0.2) is 40.8 Å². The Hall–Kier alpha value is -1.30. The fraction of sp³-hybridized carbons (Fsp3) is 0.818. The lowest BCUT2D eigenvalue weighted by atomic mass is 9.46. The van der Waals surface area contributed by atoms with E-state index in [9.17, 15) is 14.7 Å². The molecule has 0 aromatic carbocycles. The van der Waals surface area contributed by atoms with Crippen molar-refractivity contribution in [2.75, 3.05) is 0 Å². The first kappa shape index (κ1) is 29.7. The number of allylic oxidation sites excluding steroid dienone is 4. The van der Waals surface area contributed by atoms with E-state index in [1.807, 2.05) is 13.0 Å². The molecule has 1 saturated heterocycles. The van der Waals surface area contributed by atoms with Crippen LogP contribution >= 0.6 is 0 Å². The summed E-state index contributed by atoms with van der Waals surface area (Å²) >= 11 is 0. The summed E-state index contributed by atoms with van der Waals surface area (Å²) in [5, 5.41) is 11.6. The van der Waals surface area contributed by atoms with Gasteiger partial charge in [-0.05, 0) is 56.1 Å². The molecule has 3 saturated carbocycles. The molecule has 1 heterocycles. The number of ether oxygens (including phenoxy) is 2. The molecule has 4 fully saturated rings. The van der Waals surface area contributed by atoms with Gasteiger partial charge in [-0.3, -0.25) is 9.59 Å². The van der Waals surface area contributed by atoms with Gasteiger partial charge in [0.1, 0.15) is 0 Å². The van der Waals surface area contributed by atoms with E-state index in [0.29, 0.717) is 12.8 Å². The molecule has 38 heavy (non-hydrogen) atoms. The first-order valence-corrected chi connectivity index (χ1v) is 15.6. The van der Waals surface area contributed by atoms with Crippen LogP contribution in [0.4, 0.5) is 0 Å². The predicted octanol–water partition coefficient (Wildman–Crippen LogP) is 7.11. The van der Waals surface area contributed by atoms with Crippen molar-refractivity contribution >= 4 is 11.6 Å². The van der Waals surface area contributed by atoms with Crippen LogP contribution in [0.25, 0.3) is 0 Å². The highest BCUT2D eigenvalue weighted by molar-refractivity contribution is 6.01. The molecule has 0 spiro atoms. The van der Waals surface area contributed by atoms with Crippen molar-refractivity contribution < 1.29 is 24.2 Å². The second kappa shape index (κ2) is 11.7. The van der Waals surface area contributed by atoms with E-state index in [1.54, 1.807) is 12.2 Å². The Balaban J connectivity index is 0.000000426. The van der Waals surface area contributed by atoms with Gasteiger partial charge in [0.05, 0.1) is 12.2 Å². The molecule has 9 atom stereocenters. The molecular formula is C33H52O5. The Morgan fingerprint density at radius 1 is 1.08 bits per heavy atom. The summed E-state index contributed by atoms with van der Waals surface area (Å²) < 4.78 is 12.9. The van der Waals surface area contributed by atoms with Gasteiger partial charge in [0.2, 0.25) is 0 Å². The van der Waals surface area contributed by atoms with Crippen LogP contribution in [0.5, 0.6) is 0 Å². The summed E-state index contributed by atoms with van der Waals surface area (Å²) in [6, 6.07) is 0. The van der Waals surface area contributed by atoms with E-state index in [-0.39, 0.29) is 47.1 Å². The van der Waals surface area contributed by atoms with Gasteiger partial charge >= 0.3 is 0 Å². The molecule has 1 aliphatic heterocycles. The average Bonchev–Trinajstić information content (AvgIpc) is 3.36. The largest absolute Gasteiger partial charge is 0.393 e. The second-order valence-corrected chi connectivity index (χ2v) is 13.0. The number of rotatable bonds is 8. The minimum Gasteiger partial charge on any atom is -0.393 e. The van der Waals surface area contributed by atoms with E-state index >= 15 is 0 Å². The number of hydrogen-bond acceptors (Lipinski definition) is 5. The molecule has 1 N–H and O–H groups in total. The minimum absolute atomic E-state index is 0.0488. The smallest absolute Gasteiger partial charge is 0.178 e. The summed E-state index contributed by atoms with van der Waals surface area (Å²) in [4.78, 5) is 25.5. The second-order valence-electron chi connectivity index (χ2n) is 13.0. The molecule has 5 aliphatic rings. The van der Waals surface area contributed by atoms with E-state index in [0.717, 1.165) is 37.7 Å². The van der Waals surface area contributed by atoms with Crippen molar-refractivity contribution in [3.63, 3.8) is 0 Å². The number of hydrogen-bond donors (Lipinski definition) is 1. The van der Waals surface area contributed by atoms with E-state index in [4.69, 9.17) is 9.47 Å². The first-order valence-electron chi connectivity index (χ1n) is 15.6. The van der Waals surface area contributed by atoms with E-state index < -0.39 is 17.1 Å². The topological polar surface area (TPSA) is 72.8 Å². The number of aliphatic hydroxyl groups is 1. The van der Waals surface area contributed by atoms with Gasteiger partial charge in [0.25, 0.3) is 0 Å². The number of fused-ring (bicyclic) bond motifs is 7. The minimum atomic E-state index is -0.951. The third-order valence-corrected chi connectivity index (χ3v) is 10.8. The van der Waals surface area contributed by atoms with Gasteiger partial charge in [0, 0.05) is 23.2 Å². The van der Waals surface area contributed by atoms with Gasteiger partial charge in [-0.2, -0.15) is 0 Å². The lowest BCUT2D eigenvalue weighted by molar-refractivity contribution is -0.199. The number of Topliss-reactive ketones (excluding diaryl/α,β-unsaturated/α-hetero) is 1. The third kappa shape index (κ3) is 4.69. The lowest BCUT2D eigenvalue weighted by Gasteiger charge is -2.59. The Bertz CT molecular complexity index is 934. The average molecular weight is 529 g/mol. The molecule has 0 amide bonds. The maximum atomic E-state index is 13.5. The zero-order chi connectivity index (χ0) is 27.7. The van der Waals surface area contributed by atoms with Crippen molar-refractivity contribution in [2.24, 2.45) is 28.6 Å². The van der Waals surface area contributed by atoms with Crippen molar-refractivity contribution in [3.05, 3.63) is 23.8 Å². The maximum Gasteiger partial charge on any atom is 0.178 e. The Morgan fingerprint density at radius 3 is 2.42 bits per heavy atom. The van der Waals surface area contributed by atoms with Crippen LogP contribution in [0, 0.1) is 28.6 Å². The zero-order valence-electron chi connectivity index (χ0n) is 24.8. The van der Waals surface area contributed by atoms with E-state index in [1.165, 1.54) is 32.1 Å². The summed E-state index contributed by atoms with van der Waals surface area (Å²) in [6.45, 7) is 12.9. The predicted molar refractivity (Wildman–Crippen MR) is 151 cm³/mol. The van der Waals surface area contributed by atoms with Crippen LogP contribution in [-0.2, 0) is 19.1 Å². The molecule has 5 nitrogen and oxygen atoms in total. The standard InChI is InChI=1S/C26H36O5.C7H16/c1-5-7-22-30-21-13-18-17-9-8-15-12-16(27)10-11-24(15,3)23(17)19(28)14-25(18,4)26(21,31-22)20(29)6-2;1-3-5-7-6-4-2/h10-12,17-19,21-23,28H,5-9,13-14H2,1-4H3;3-7H2,1-2H3. The molecule has 214 valence electrons.